The Hall–Kier alpha value is -1.78. The minimum Gasteiger partial charge on any atom is -0.507 e. The molecule has 2 rings (SSSR count). The van der Waals surface area contributed by atoms with E-state index >= 15 is 0 Å². The van der Waals surface area contributed by atoms with E-state index < -0.39 is 5.97 Å². The second kappa shape index (κ2) is 12.8. The third-order valence-electron chi connectivity index (χ3n) is 4.10. The van der Waals surface area contributed by atoms with Gasteiger partial charge in [0, 0.05) is 11.3 Å². The maximum Gasteiger partial charge on any atom is 0.313 e. The van der Waals surface area contributed by atoms with Crippen LogP contribution in [0.2, 0.25) is 0 Å². The number of phenols is 1. The number of aliphatic carboxylic acids is 1. The van der Waals surface area contributed by atoms with Gasteiger partial charge in [-0.05, 0) is 44.7 Å². The summed E-state index contributed by atoms with van der Waals surface area (Å²) in [6.07, 6.45) is 4.39. The number of aromatic hydroxyl groups is 1. The van der Waals surface area contributed by atoms with Gasteiger partial charge in [0.15, 0.2) is 14.5 Å². The molecule has 2 N–H and O–H groups in total. The first-order valence-corrected chi connectivity index (χ1v) is 12.5. The largest absolute Gasteiger partial charge is 0.507 e. The number of thioether (sulfide) groups is 2. The molecule has 1 aromatic carbocycles. The van der Waals surface area contributed by atoms with E-state index in [0.717, 1.165) is 35.8 Å². The zero-order valence-electron chi connectivity index (χ0n) is 17.0. The highest BCUT2D eigenvalue weighted by molar-refractivity contribution is 8.03. The number of carboxylic acid groups (broad SMARTS) is 1. The molecule has 10 heteroatoms. The van der Waals surface area contributed by atoms with Crippen LogP contribution in [0.15, 0.2) is 20.8 Å². The monoisotopic (exact) mass is 470 g/mol. The number of hydrogen-bond acceptors (Lipinski definition) is 9. The lowest BCUT2D eigenvalue weighted by Crippen LogP contribution is -2.03. The Bertz CT molecular complexity index is 857. The second-order valence-electron chi connectivity index (χ2n) is 6.52. The van der Waals surface area contributed by atoms with Crippen LogP contribution in [-0.4, -0.2) is 50.3 Å². The Morgan fingerprint density at radius 1 is 1.13 bits per heavy atom. The summed E-state index contributed by atoms with van der Waals surface area (Å²) < 4.78 is 7.40. The van der Waals surface area contributed by atoms with Crippen LogP contribution in [-0.2, 0) is 11.2 Å². The first-order chi connectivity index (χ1) is 14.4. The van der Waals surface area contributed by atoms with Crippen LogP contribution < -0.4 is 4.74 Å². The van der Waals surface area contributed by atoms with Crippen molar-refractivity contribution in [3.05, 3.63) is 23.3 Å². The van der Waals surface area contributed by atoms with Crippen LogP contribution in [0.3, 0.4) is 0 Å². The SMILES string of the molecule is CCCc1c(OCCCCCSc2nnc(SCC(=O)O)s2)ccc(C(C)=O)c1O. The van der Waals surface area contributed by atoms with Gasteiger partial charge in [-0.25, -0.2) is 0 Å². The smallest absolute Gasteiger partial charge is 0.313 e. The number of carboxylic acids is 1. The maximum absolute atomic E-state index is 11.6. The van der Waals surface area contributed by atoms with Gasteiger partial charge in [-0.15, -0.1) is 10.2 Å². The highest BCUT2D eigenvalue weighted by Crippen LogP contribution is 2.33. The lowest BCUT2D eigenvalue weighted by molar-refractivity contribution is -0.133. The molecule has 0 unspecified atom stereocenters. The number of nitrogens with zero attached hydrogens (tertiary/aromatic N) is 2. The summed E-state index contributed by atoms with van der Waals surface area (Å²) in [4.78, 5) is 22.2. The Balaban J connectivity index is 1.70. The van der Waals surface area contributed by atoms with Crippen molar-refractivity contribution in [1.82, 2.24) is 10.2 Å². The highest BCUT2D eigenvalue weighted by atomic mass is 32.2. The van der Waals surface area contributed by atoms with Gasteiger partial charge in [0.05, 0.1) is 17.9 Å². The molecule has 0 saturated carbocycles. The third kappa shape index (κ3) is 7.81. The Kier molecular flexibility index (Phi) is 10.5. The van der Waals surface area contributed by atoms with Crippen molar-refractivity contribution in [2.75, 3.05) is 18.1 Å². The number of carbonyl (C=O) groups is 2. The van der Waals surface area contributed by atoms with Gasteiger partial charge in [0.1, 0.15) is 11.5 Å². The number of carbonyl (C=O) groups excluding carboxylic acids is 1. The normalized spacial score (nSPS) is 10.9. The van der Waals surface area contributed by atoms with E-state index in [0.29, 0.717) is 34.2 Å². The van der Waals surface area contributed by atoms with Gasteiger partial charge in [0.2, 0.25) is 0 Å². The van der Waals surface area contributed by atoms with E-state index in [9.17, 15) is 14.7 Å². The lowest BCUT2D eigenvalue weighted by Gasteiger charge is -2.14. The molecule has 0 aliphatic heterocycles. The predicted octanol–water partition coefficient (Wildman–Crippen LogP) is 4.92. The van der Waals surface area contributed by atoms with E-state index in [4.69, 9.17) is 9.84 Å². The fraction of sp³-hybridized carbons (Fsp3) is 0.500. The average Bonchev–Trinajstić information content (AvgIpc) is 3.15. The molecule has 0 aliphatic carbocycles. The minimum atomic E-state index is -0.863. The number of ketones is 1. The summed E-state index contributed by atoms with van der Waals surface area (Å²) in [5.74, 6) is 0.572. The van der Waals surface area contributed by atoms with Gasteiger partial charge in [-0.1, -0.05) is 48.2 Å². The van der Waals surface area contributed by atoms with Crippen LogP contribution in [0, 0.1) is 0 Å². The van der Waals surface area contributed by atoms with Crippen LogP contribution >= 0.6 is 34.9 Å². The Morgan fingerprint density at radius 3 is 2.53 bits per heavy atom. The molecule has 164 valence electrons. The van der Waals surface area contributed by atoms with Crippen molar-refractivity contribution in [2.45, 2.75) is 54.6 Å². The summed E-state index contributed by atoms with van der Waals surface area (Å²) in [6, 6.07) is 3.39. The summed E-state index contributed by atoms with van der Waals surface area (Å²) in [5.41, 5.74) is 1.04. The third-order valence-corrected chi connectivity index (χ3v) is 7.36. The Morgan fingerprint density at radius 2 is 1.87 bits per heavy atom. The number of Topliss-reactive ketones (excluding diaryl/α,β-unsaturated/α-hetero) is 1. The number of unbranched alkanes of at least 4 members (excludes halogenated alkanes) is 2. The van der Waals surface area contributed by atoms with Crippen LogP contribution in [0.25, 0.3) is 0 Å². The van der Waals surface area contributed by atoms with E-state index in [1.165, 1.54) is 30.0 Å². The maximum atomic E-state index is 11.6. The molecule has 30 heavy (non-hydrogen) atoms. The molecule has 0 atom stereocenters. The highest BCUT2D eigenvalue weighted by Gasteiger charge is 2.15. The van der Waals surface area contributed by atoms with Crippen molar-refractivity contribution >= 4 is 46.6 Å². The molecular weight excluding hydrogens is 444 g/mol. The van der Waals surface area contributed by atoms with Crippen molar-refractivity contribution in [2.24, 2.45) is 0 Å². The topological polar surface area (TPSA) is 110 Å². The van der Waals surface area contributed by atoms with Crippen LogP contribution in [0.1, 0.15) is 55.5 Å². The fourth-order valence-corrected chi connectivity index (χ4v) is 5.50. The van der Waals surface area contributed by atoms with Crippen molar-refractivity contribution in [3.63, 3.8) is 0 Å². The lowest BCUT2D eigenvalue weighted by atomic mass is 10.0. The van der Waals surface area contributed by atoms with Gasteiger partial charge >= 0.3 is 5.97 Å². The van der Waals surface area contributed by atoms with E-state index in [1.54, 1.807) is 23.9 Å². The van der Waals surface area contributed by atoms with Gasteiger partial charge < -0.3 is 14.9 Å². The number of hydrogen-bond donors (Lipinski definition) is 2. The number of ether oxygens (including phenoxy) is 1. The molecule has 7 nitrogen and oxygen atoms in total. The van der Waals surface area contributed by atoms with Gasteiger partial charge in [-0.3, -0.25) is 9.59 Å². The summed E-state index contributed by atoms with van der Waals surface area (Å²) in [5, 5.41) is 27.1. The molecule has 0 bridgehead atoms. The quantitative estimate of drug-likeness (QED) is 0.226. The van der Waals surface area contributed by atoms with Crippen molar-refractivity contribution < 1.29 is 24.5 Å². The molecule has 2 aromatic rings. The molecule has 0 fully saturated rings. The minimum absolute atomic E-state index is 0.00543. The van der Waals surface area contributed by atoms with Crippen LogP contribution in [0.4, 0.5) is 0 Å². The second-order valence-corrected chi connectivity index (χ2v) is 10.1. The molecule has 0 amide bonds. The molecule has 1 heterocycles. The molecule has 0 spiro atoms. The Labute approximate surface area is 188 Å². The predicted molar refractivity (Wildman–Crippen MR) is 120 cm³/mol. The van der Waals surface area contributed by atoms with Gasteiger partial charge in [0.25, 0.3) is 0 Å². The average molecular weight is 471 g/mol. The van der Waals surface area contributed by atoms with Gasteiger partial charge in [-0.2, -0.15) is 0 Å². The number of phenolic OH excluding ortho intramolecular Hbond substituents is 1. The molecule has 1 aromatic heterocycles. The van der Waals surface area contributed by atoms with Crippen LogP contribution in [0.5, 0.6) is 11.5 Å². The van der Waals surface area contributed by atoms with Crippen molar-refractivity contribution in [3.8, 4) is 11.5 Å². The summed E-state index contributed by atoms with van der Waals surface area (Å²) in [7, 11) is 0. The zero-order chi connectivity index (χ0) is 21.9. The first-order valence-electron chi connectivity index (χ1n) is 9.71. The van der Waals surface area contributed by atoms with E-state index in [2.05, 4.69) is 10.2 Å². The van der Waals surface area contributed by atoms with E-state index in [1.807, 2.05) is 6.92 Å². The molecule has 0 radical (unpaired) electrons. The summed E-state index contributed by atoms with van der Waals surface area (Å²) >= 11 is 4.23. The zero-order valence-corrected chi connectivity index (χ0v) is 19.5. The fourth-order valence-electron chi connectivity index (χ4n) is 2.69. The van der Waals surface area contributed by atoms with E-state index in [-0.39, 0.29) is 17.3 Å². The molecule has 0 saturated heterocycles. The molecule has 0 aliphatic rings. The number of aromatic nitrogens is 2. The first kappa shape index (κ1) is 24.5. The number of benzene rings is 1. The van der Waals surface area contributed by atoms with Crippen molar-refractivity contribution in [1.29, 1.82) is 0 Å². The number of rotatable bonds is 14. The molecular formula is C20H26N2O5S3. The summed E-state index contributed by atoms with van der Waals surface area (Å²) in [6.45, 7) is 4.02. The standard InChI is InChI=1S/C20H26N2O5S3/c1-3-7-15-16(9-8-14(13(2)23)18(15)26)27-10-5-4-6-11-28-19-21-22-20(30-19)29-12-17(24)25/h8-9,26H,3-7,10-12H2,1-2H3,(H,24,25).